The smallest absolute Gasteiger partial charge is 0.193 e. The van der Waals surface area contributed by atoms with Crippen LogP contribution in [0.15, 0.2) is 17.4 Å². The van der Waals surface area contributed by atoms with Gasteiger partial charge in [-0.05, 0) is 25.8 Å². The molecule has 1 fully saturated rings. The number of ether oxygens (including phenoxy) is 1. The molecule has 0 amide bonds. The number of guanidine groups is 1. The summed E-state index contributed by atoms with van der Waals surface area (Å²) in [6.45, 7) is 7.30. The van der Waals surface area contributed by atoms with E-state index in [1.165, 1.54) is 11.3 Å². The number of aryl methyl sites for hydroxylation is 3. The molecule has 1 N–H and O–H groups in total. The van der Waals surface area contributed by atoms with Crippen molar-refractivity contribution in [3.05, 3.63) is 34.9 Å². The van der Waals surface area contributed by atoms with Crippen LogP contribution in [0.3, 0.4) is 0 Å². The Hall–Kier alpha value is -1.62. The second-order valence-corrected chi connectivity index (χ2v) is 6.75. The van der Waals surface area contributed by atoms with Gasteiger partial charge in [-0.2, -0.15) is 10.2 Å². The minimum absolute atomic E-state index is 0. The lowest BCUT2D eigenvalue weighted by molar-refractivity contribution is -0.00800. The highest BCUT2D eigenvalue weighted by molar-refractivity contribution is 14.0. The number of hydrogen-bond acceptors (Lipinski definition) is 4. The first-order valence-electron chi connectivity index (χ1n) is 9.04. The van der Waals surface area contributed by atoms with Crippen molar-refractivity contribution in [1.82, 2.24) is 29.8 Å². The topological polar surface area (TPSA) is 72.5 Å². The highest BCUT2D eigenvalue weighted by Gasteiger charge is 2.25. The summed E-state index contributed by atoms with van der Waals surface area (Å²) in [7, 11) is 5.74. The Morgan fingerprint density at radius 2 is 2.15 bits per heavy atom. The van der Waals surface area contributed by atoms with Gasteiger partial charge in [0.25, 0.3) is 0 Å². The number of nitrogens with zero attached hydrogens (tertiary/aromatic N) is 6. The van der Waals surface area contributed by atoms with Crippen molar-refractivity contribution in [1.29, 1.82) is 0 Å². The van der Waals surface area contributed by atoms with Crippen LogP contribution in [-0.4, -0.2) is 63.7 Å². The molecule has 0 radical (unpaired) electrons. The van der Waals surface area contributed by atoms with E-state index in [4.69, 9.17) is 4.74 Å². The average Bonchev–Trinajstić information content (AvgIpc) is 3.17. The third kappa shape index (κ3) is 5.01. The molecule has 3 heterocycles. The van der Waals surface area contributed by atoms with Crippen LogP contribution in [0.2, 0.25) is 0 Å². The predicted molar refractivity (Wildman–Crippen MR) is 117 cm³/mol. The van der Waals surface area contributed by atoms with Gasteiger partial charge in [-0.3, -0.25) is 14.4 Å². The molecule has 0 aromatic carbocycles. The molecule has 0 saturated carbocycles. The van der Waals surface area contributed by atoms with Crippen molar-refractivity contribution in [2.24, 2.45) is 19.1 Å². The molecule has 3 rings (SSSR count). The van der Waals surface area contributed by atoms with Gasteiger partial charge in [0.1, 0.15) is 6.10 Å². The molecular formula is C18H30IN7O. The fourth-order valence-electron chi connectivity index (χ4n) is 3.46. The maximum atomic E-state index is 5.92. The highest BCUT2D eigenvalue weighted by Crippen LogP contribution is 2.21. The number of halogens is 1. The van der Waals surface area contributed by atoms with Crippen LogP contribution in [0, 0.1) is 13.8 Å². The van der Waals surface area contributed by atoms with Crippen LogP contribution < -0.4 is 5.32 Å². The molecule has 27 heavy (non-hydrogen) atoms. The molecule has 1 aliphatic heterocycles. The van der Waals surface area contributed by atoms with Crippen LogP contribution >= 0.6 is 24.0 Å². The van der Waals surface area contributed by atoms with Gasteiger partial charge in [-0.25, -0.2) is 0 Å². The van der Waals surface area contributed by atoms with Crippen molar-refractivity contribution < 1.29 is 4.74 Å². The number of morpholine rings is 1. The number of aromatic nitrogens is 4. The van der Waals surface area contributed by atoms with E-state index in [1.54, 1.807) is 0 Å². The van der Waals surface area contributed by atoms with Gasteiger partial charge in [0.15, 0.2) is 5.96 Å². The third-order valence-corrected chi connectivity index (χ3v) is 4.99. The van der Waals surface area contributed by atoms with E-state index in [1.807, 2.05) is 42.9 Å². The van der Waals surface area contributed by atoms with E-state index < -0.39 is 0 Å². The van der Waals surface area contributed by atoms with E-state index in [2.05, 4.69) is 39.3 Å². The van der Waals surface area contributed by atoms with E-state index in [0.29, 0.717) is 6.61 Å². The zero-order chi connectivity index (χ0) is 18.7. The van der Waals surface area contributed by atoms with Crippen LogP contribution in [0.5, 0.6) is 0 Å². The maximum absolute atomic E-state index is 5.92. The van der Waals surface area contributed by atoms with Crippen molar-refractivity contribution in [3.8, 4) is 0 Å². The minimum atomic E-state index is 0. The summed E-state index contributed by atoms with van der Waals surface area (Å²) < 4.78 is 9.67. The Balaban J connectivity index is 0.00000261. The van der Waals surface area contributed by atoms with Gasteiger partial charge in [0.05, 0.1) is 25.0 Å². The molecule has 1 saturated heterocycles. The van der Waals surface area contributed by atoms with Crippen molar-refractivity contribution in [3.63, 3.8) is 0 Å². The second-order valence-electron chi connectivity index (χ2n) is 6.75. The van der Waals surface area contributed by atoms with Crippen LogP contribution in [0.4, 0.5) is 0 Å². The Bertz CT molecular complexity index is 783. The Morgan fingerprint density at radius 1 is 1.37 bits per heavy atom. The molecule has 2 aromatic heterocycles. The Kier molecular flexibility index (Phi) is 7.66. The first kappa shape index (κ1) is 21.7. The fraction of sp³-hybridized carbons (Fsp3) is 0.611. The maximum Gasteiger partial charge on any atom is 0.193 e. The van der Waals surface area contributed by atoms with Gasteiger partial charge < -0.3 is 15.0 Å². The molecule has 1 atom stereocenters. The van der Waals surface area contributed by atoms with Crippen molar-refractivity contribution in [2.45, 2.75) is 26.4 Å². The highest BCUT2D eigenvalue weighted by atomic mass is 127. The predicted octanol–water partition coefficient (Wildman–Crippen LogP) is 1.58. The fourth-order valence-corrected chi connectivity index (χ4v) is 3.46. The SMILES string of the molecule is CN=C(NCCc1c(C)nn(C)c1C)N1CCOC(c2cnn(C)c2)C1.I. The summed E-state index contributed by atoms with van der Waals surface area (Å²) in [5.74, 6) is 0.918. The van der Waals surface area contributed by atoms with Crippen molar-refractivity contribution >= 4 is 29.9 Å². The molecule has 0 spiro atoms. The summed E-state index contributed by atoms with van der Waals surface area (Å²) in [6, 6.07) is 0. The summed E-state index contributed by atoms with van der Waals surface area (Å²) in [5.41, 5.74) is 4.74. The van der Waals surface area contributed by atoms with Crippen LogP contribution in [0.1, 0.15) is 28.6 Å². The lowest BCUT2D eigenvalue weighted by Gasteiger charge is -2.34. The Morgan fingerprint density at radius 3 is 2.74 bits per heavy atom. The molecule has 8 nitrogen and oxygen atoms in total. The first-order valence-corrected chi connectivity index (χ1v) is 9.04. The normalized spacial score (nSPS) is 17.7. The lowest BCUT2D eigenvalue weighted by atomic mass is 10.1. The second kappa shape index (κ2) is 9.54. The molecule has 1 aliphatic rings. The van der Waals surface area contributed by atoms with E-state index >= 15 is 0 Å². The van der Waals surface area contributed by atoms with Gasteiger partial charge in [0, 0.05) is 51.7 Å². The van der Waals surface area contributed by atoms with Gasteiger partial charge >= 0.3 is 0 Å². The molecule has 9 heteroatoms. The minimum Gasteiger partial charge on any atom is -0.370 e. The average molecular weight is 487 g/mol. The quantitative estimate of drug-likeness (QED) is 0.403. The van der Waals surface area contributed by atoms with E-state index in [0.717, 1.165) is 43.3 Å². The van der Waals surface area contributed by atoms with Gasteiger partial charge in [-0.15, -0.1) is 24.0 Å². The van der Waals surface area contributed by atoms with Crippen molar-refractivity contribution in [2.75, 3.05) is 33.3 Å². The molecule has 0 aliphatic carbocycles. The molecule has 150 valence electrons. The summed E-state index contributed by atoms with van der Waals surface area (Å²) in [6.07, 6.45) is 4.84. The number of hydrogen-bond donors (Lipinski definition) is 1. The summed E-state index contributed by atoms with van der Waals surface area (Å²) >= 11 is 0. The van der Waals surface area contributed by atoms with Gasteiger partial charge in [0.2, 0.25) is 0 Å². The zero-order valence-corrected chi connectivity index (χ0v) is 19.1. The largest absolute Gasteiger partial charge is 0.370 e. The lowest BCUT2D eigenvalue weighted by Crippen LogP contribution is -2.48. The first-order chi connectivity index (χ1) is 12.5. The van der Waals surface area contributed by atoms with Crippen LogP contribution in [-0.2, 0) is 25.3 Å². The Labute approximate surface area is 178 Å². The number of rotatable bonds is 4. The molecule has 0 bridgehead atoms. The monoisotopic (exact) mass is 487 g/mol. The summed E-state index contributed by atoms with van der Waals surface area (Å²) in [5, 5.41) is 12.2. The van der Waals surface area contributed by atoms with Crippen LogP contribution in [0.25, 0.3) is 0 Å². The third-order valence-electron chi connectivity index (χ3n) is 4.99. The van der Waals surface area contributed by atoms with E-state index in [-0.39, 0.29) is 30.1 Å². The molecule has 2 aromatic rings. The van der Waals surface area contributed by atoms with Gasteiger partial charge in [-0.1, -0.05) is 0 Å². The zero-order valence-electron chi connectivity index (χ0n) is 16.8. The standard InChI is InChI=1S/C18H29N7O.HI/c1-13-16(14(2)24(5)22-13)6-7-20-18(19-3)25-8-9-26-17(12-25)15-10-21-23(4)11-15;/h10-11,17H,6-9,12H2,1-5H3,(H,19,20);1H. The molecular weight excluding hydrogens is 457 g/mol. The number of nitrogens with one attached hydrogen (secondary N) is 1. The molecule has 1 unspecified atom stereocenters. The van der Waals surface area contributed by atoms with E-state index in [9.17, 15) is 0 Å². The summed E-state index contributed by atoms with van der Waals surface area (Å²) in [4.78, 5) is 6.71. The number of aliphatic imine (C=N–C) groups is 1.